The largest absolute Gasteiger partial charge is 0.433 e. The van der Waals surface area contributed by atoms with Gasteiger partial charge in [-0.25, -0.2) is 9.97 Å². The first-order valence-electron chi connectivity index (χ1n) is 9.76. The number of aryl methyl sites for hydroxylation is 1. The number of halogens is 4. The average Bonchev–Trinajstić information content (AvgIpc) is 3.31. The molecule has 1 N–H and O–H groups in total. The second-order valence-corrected chi connectivity index (χ2v) is 8.19. The number of fused-ring (bicyclic) bond motifs is 1. The van der Waals surface area contributed by atoms with Crippen molar-refractivity contribution in [3.05, 3.63) is 57.2 Å². The maximum Gasteiger partial charge on any atom is 0.433 e. The van der Waals surface area contributed by atoms with Gasteiger partial charge < -0.3 is 14.6 Å². The van der Waals surface area contributed by atoms with Crippen molar-refractivity contribution in [2.75, 3.05) is 12.4 Å². The second-order valence-electron chi connectivity index (χ2n) is 7.27. The van der Waals surface area contributed by atoms with E-state index in [0.29, 0.717) is 33.4 Å². The molecule has 4 heterocycles. The molecule has 0 bridgehead atoms. The van der Waals surface area contributed by atoms with Gasteiger partial charge in [-0.15, -0.1) is 0 Å². The Balaban J connectivity index is 1.67. The van der Waals surface area contributed by atoms with Crippen LogP contribution in [0, 0.1) is 13.8 Å². The molecule has 4 aromatic heterocycles. The summed E-state index contributed by atoms with van der Waals surface area (Å²) < 4.78 is 52.3. The van der Waals surface area contributed by atoms with Gasteiger partial charge in [-0.1, -0.05) is 5.16 Å². The molecular weight excluding hydrogens is 523 g/mol. The molecule has 0 radical (unpaired) electrons. The summed E-state index contributed by atoms with van der Waals surface area (Å²) in [6.45, 7) is 3.68. The molecule has 4 aromatic rings. The van der Waals surface area contributed by atoms with Crippen molar-refractivity contribution in [2.24, 2.45) is 0 Å². The first kappa shape index (κ1) is 23.8. The third-order valence-electron chi connectivity index (χ3n) is 4.85. The summed E-state index contributed by atoms with van der Waals surface area (Å²) in [5.74, 6) is -0.109. The van der Waals surface area contributed by atoms with Gasteiger partial charge in [-0.05, 0) is 41.9 Å². The van der Waals surface area contributed by atoms with Crippen molar-refractivity contribution in [1.29, 1.82) is 0 Å². The van der Waals surface area contributed by atoms with Crippen LogP contribution in [0.1, 0.15) is 39.2 Å². The van der Waals surface area contributed by atoms with Crippen LogP contribution >= 0.6 is 15.9 Å². The van der Waals surface area contributed by atoms with E-state index in [-0.39, 0.29) is 35.6 Å². The maximum absolute atomic E-state index is 13.4. The van der Waals surface area contributed by atoms with Crippen LogP contribution < -0.4 is 5.32 Å². The third kappa shape index (κ3) is 4.77. The number of pyridine rings is 2. The molecule has 10 nitrogen and oxygen atoms in total. The van der Waals surface area contributed by atoms with Crippen LogP contribution in [0.5, 0.6) is 0 Å². The second kappa shape index (κ2) is 9.10. The summed E-state index contributed by atoms with van der Waals surface area (Å²) in [7, 11) is 1.50. The summed E-state index contributed by atoms with van der Waals surface area (Å²) in [6, 6.07) is 2.19. The van der Waals surface area contributed by atoms with E-state index < -0.39 is 17.8 Å². The number of carbonyl (C=O) groups is 1. The number of carbonyl (C=O) groups excluding carboxylic acids is 1. The van der Waals surface area contributed by atoms with Crippen molar-refractivity contribution < 1.29 is 27.2 Å². The number of aromatic nitrogens is 6. The Morgan fingerprint density at radius 3 is 2.74 bits per heavy atom. The van der Waals surface area contributed by atoms with Gasteiger partial charge in [-0.2, -0.15) is 23.3 Å². The Hall–Kier alpha value is -3.39. The molecule has 0 aliphatic carbocycles. The van der Waals surface area contributed by atoms with E-state index in [4.69, 9.17) is 9.26 Å². The Morgan fingerprint density at radius 1 is 1.26 bits per heavy atom. The zero-order valence-electron chi connectivity index (χ0n) is 18.1. The van der Waals surface area contributed by atoms with Gasteiger partial charge in [0.25, 0.3) is 5.91 Å². The number of hydrogen-bond donors (Lipinski definition) is 1. The van der Waals surface area contributed by atoms with Gasteiger partial charge in [-0.3, -0.25) is 9.48 Å². The summed E-state index contributed by atoms with van der Waals surface area (Å²) in [5.41, 5.74) is -0.285. The maximum atomic E-state index is 13.4. The number of amides is 1. The smallest absolute Gasteiger partial charge is 0.377 e. The van der Waals surface area contributed by atoms with Crippen molar-refractivity contribution in [3.63, 3.8) is 0 Å². The highest BCUT2D eigenvalue weighted by atomic mass is 79.9. The Labute approximate surface area is 198 Å². The Morgan fingerprint density at radius 2 is 2.03 bits per heavy atom. The average molecular weight is 540 g/mol. The van der Waals surface area contributed by atoms with E-state index >= 15 is 0 Å². The summed E-state index contributed by atoms with van der Waals surface area (Å²) >= 11 is 3.22. The zero-order chi connectivity index (χ0) is 24.6. The van der Waals surface area contributed by atoms with Gasteiger partial charge in [0.15, 0.2) is 11.5 Å². The van der Waals surface area contributed by atoms with Gasteiger partial charge in [0, 0.05) is 23.2 Å². The van der Waals surface area contributed by atoms with Crippen molar-refractivity contribution in [1.82, 2.24) is 29.9 Å². The minimum absolute atomic E-state index is 0.131. The molecule has 0 fully saturated rings. The number of anilines is 1. The molecule has 0 aliphatic rings. The normalized spacial score (nSPS) is 11.9. The number of hydrogen-bond acceptors (Lipinski definition) is 8. The fraction of sp³-hybridized carbons (Fsp3) is 0.300. The SMILES string of the molecule is COCc1noc(Cn2nc(C)c(NC(=O)c3cc(C(F)(F)F)nc4ncc(Br)cc34)c2C)n1. The molecule has 0 unspecified atom stereocenters. The summed E-state index contributed by atoms with van der Waals surface area (Å²) in [5, 5.41) is 11.0. The summed E-state index contributed by atoms with van der Waals surface area (Å²) in [6.07, 6.45) is -3.44. The standard InChI is InChI=1S/C20H17BrF3N7O3/c1-9-17(10(2)31(29-9)7-16-27-15(8-33-3)30-34-16)28-19(32)13-5-14(20(22,23)24)26-18-12(13)4-11(21)6-25-18/h4-6H,7-8H2,1-3H3,(H,28,32). The number of methoxy groups -OCH3 is 1. The highest BCUT2D eigenvalue weighted by Gasteiger charge is 2.34. The van der Waals surface area contributed by atoms with Crippen LogP contribution in [0.4, 0.5) is 18.9 Å². The van der Waals surface area contributed by atoms with Crippen LogP contribution in [0.25, 0.3) is 11.0 Å². The molecule has 0 saturated carbocycles. The number of ether oxygens (including phenoxy) is 1. The van der Waals surface area contributed by atoms with E-state index in [1.165, 1.54) is 19.4 Å². The van der Waals surface area contributed by atoms with Crippen LogP contribution in [0.15, 0.2) is 27.3 Å². The lowest BCUT2D eigenvalue weighted by Crippen LogP contribution is -2.17. The number of rotatable bonds is 6. The molecule has 178 valence electrons. The lowest BCUT2D eigenvalue weighted by Gasteiger charge is -2.12. The molecule has 0 spiro atoms. The monoisotopic (exact) mass is 539 g/mol. The first-order valence-corrected chi connectivity index (χ1v) is 10.6. The van der Waals surface area contributed by atoms with Gasteiger partial charge >= 0.3 is 6.18 Å². The lowest BCUT2D eigenvalue weighted by atomic mass is 10.1. The quantitative estimate of drug-likeness (QED) is 0.389. The number of alkyl halides is 3. The first-order chi connectivity index (χ1) is 16.1. The predicted molar refractivity (Wildman–Crippen MR) is 116 cm³/mol. The van der Waals surface area contributed by atoms with Gasteiger partial charge in [0.2, 0.25) is 5.89 Å². The minimum Gasteiger partial charge on any atom is -0.377 e. The fourth-order valence-electron chi connectivity index (χ4n) is 3.30. The number of nitrogens with zero attached hydrogens (tertiary/aromatic N) is 6. The van der Waals surface area contributed by atoms with Crippen molar-refractivity contribution in [2.45, 2.75) is 33.2 Å². The minimum atomic E-state index is -4.75. The van der Waals surface area contributed by atoms with Crippen LogP contribution in [0.2, 0.25) is 0 Å². The molecule has 1 amide bonds. The van der Waals surface area contributed by atoms with Crippen LogP contribution in [-0.2, 0) is 24.1 Å². The Bertz CT molecular complexity index is 1380. The third-order valence-corrected chi connectivity index (χ3v) is 5.29. The summed E-state index contributed by atoms with van der Waals surface area (Å²) in [4.78, 5) is 24.8. The number of nitrogens with one attached hydrogen (secondary N) is 1. The molecule has 0 atom stereocenters. The van der Waals surface area contributed by atoms with Crippen LogP contribution in [0.3, 0.4) is 0 Å². The molecule has 14 heteroatoms. The van der Waals surface area contributed by atoms with Crippen LogP contribution in [-0.4, -0.2) is 42.9 Å². The zero-order valence-corrected chi connectivity index (χ0v) is 19.7. The molecule has 34 heavy (non-hydrogen) atoms. The molecular formula is C20H17BrF3N7O3. The van der Waals surface area contributed by atoms with E-state index in [1.807, 2.05) is 0 Å². The van der Waals surface area contributed by atoms with Crippen molar-refractivity contribution in [3.8, 4) is 0 Å². The molecule has 0 aromatic carbocycles. The highest BCUT2D eigenvalue weighted by molar-refractivity contribution is 9.10. The highest BCUT2D eigenvalue weighted by Crippen LogP contribution is 2.32. The van der Waals surface area contributed by atoms with Gasteiger partial charge in [0.05, 0.1) is 22.6 Å². The van der Waals surface area contributed by atoms with Gasteiger partial charge in [0.1, 0.15) is 18.8 Å². The lowest BCUT2D eigenvalue weighted by molar-refractivity contribution is -0.141. The predicted octanol–water partition coefficient (Wildman–Crippen LogP) is 4.05. The van der Waals surface area contributed by atoms with E-state index in [2.05, 4.69) is 46.5 Å². The fourth-order valence-corrected chi connectivity index (χ4v) is 3.63. The molecule has 0 aliphatic heterocycles. The Kier molecular flexibility index (Phi) is 6.36. The van der Waals surface area contributed by atoms with Crippen molar-refractivity contribution >= 4 is 38.6 Å². The van der Waals surface area contributed by atoms with E-state index in [9.17, 15) is 18.0 Å². The topological polar surface area (TPSA) is 121 Å². The van der Waals surface area contributed by atoms with E-state index in [1.54, 1.807) is 18.5 Å². The van der Waals surface area contributed by atoms with E-state index in [0.717, 1.165) is 0 Å². The molecule has 0 saturated heterocycles. The molecule has 4 rings (SSSR count).